The van der Waals surface area contributed by atoms with Gasteiger partial charge in [0.1, 0.15) is 6.54 Å². The van der Waals surface area contributed by atoms with Crippen LogP contribution in [-0.2, 0) is 11.3 Å². The van der Waals surface area contributed by atoms with Gasteiger partial charge in [-0.25, -0.2) is 8.78 Å². The smallest absolute Gasteiger partial charge is 0.242 e. The normalized spacial score (nSPS) is 12.0. The van der Waals surface area contributed by atoms with E-state index in [1.807, 2.05) is 31.2 Å². The van der Waals surface area contributed by atoms with Gasteiger partial charge in [-0.05, 0) is 43.8 Å². The molecule has 0 unspecified atom stereocenters. The predicted octanol–water partition coefficient (Wildman–Crippen LogP) is 4.41. The van der Waals surface area contributed by atoms with Crippen LogP contribution in [0.25, 0.3) is 11.4 Å². The van der Waals surface area contributed by atoms with E-state index < -0.39 is 17.7 Å². The minimum absolute atomic E-state index is 0.0247. The average Bonchev–Trinajstić information content (AvgIpc) is 3.03. The number of nitrogens with one attached hydrogen (secondary N) is 1. The Hall–Kier alpha value is -2.87. The molecular formula is C20H20F2N4OS. The van der Waals surface area contributed by atoms with Crippen LogP contribution in [0.3, 0.4) is 0 Å². The lowest BCUT2D eigenvalue weighted by atomic mass is 10.1. The van der Waals surface area contributed by atoms with Crippen molar-refractivity contribution in [3.63, 3.8) is 0 Å². The van der Waals surface area contributed by atoms with Crippen LogP contribution >= 0.6 is 12.2 Å². The molecule has 0 aliphatic carbocycles. The molecular weight excluding hydrogens is 382 g/mol. The summed E-state index contributed by atoms with van der Waals surface area (Å²) in [7, 11) is 1.61. The summed E-state index contributed by atoms with van der Waals surface area (Å²) in [5.41, 5.74) is 2.45. The molecule has 0 saturated heterocycles. The summed E-state index contributed by atoms with van der Waals surface area (Å²) in [5.74, 6) is -1.53. The van der Waals surface area contributed by atoms with Crippen LogP contribution in [0.5, 0.6) is 0 Å². The third-order valence-corrected chi connectivity index (χ3v) is 5.07. The van der Waals surface area contributed by atoms with Crippen LogP contribution < -0.4 is 0 Å². The lowest BCUT2D eigenvalue weighted by Gasteiger charge is -2.26. The lowest BCUT2D eigenvalue weighted by Crippen LogP contribution is -2.33. The number of carbonyl (C=O) groups excluding carboxylic acids is 1. The molecule has 0 fully saturated rings. The van der Waals surface area contributed by atoms with Crippen molar-refractivity contribution in [3.05, 3.63) is 70.0 Å². The van der Waals surface area contributed by atoms with Crippen molar-refractivity contribution in [2.45, 2.75) is 26.4 Å². The summed E-state index contributed by atoms with van der Waals surface area (Å²) in [5, 5.41) is 6.96. The number of halogens is 2. The zero-order chi connectivity index (χ0) is 20.4. The van der Waals surface area contributed by atoms with Crippen molar-refractivity contribution in [3.8, 4) is 11.4 Å². The molecule has 0 saturated carbocycles. The molecule has 1 heterocycles. The van der Waals surface area contributed by atoms with Gasteiger partial charge >= 0.3 is 0 Å². The maximum absolute atomic E-state index is 13.5. The van der Waals surface area contributed by atoms with Gasteiger partial charge in [0.15, 0.2) is 22.2 Å². The second-order valence-corrected chi connectivity index (χ2v) is 7.05. The quantitative estimate of drug-likeness (QED) is 0.643. The number of amides is 1. The Morgan fingerprint density at radius 3 is 2.54 bits per heavy atom. The predicted molar refractivity (Wildman–Crippen MR) is 105 cm³/mol. The first-order chi connectivity index (χ1) is 13.3. The molecule has 5 nitrogen and oxygen atoms in total. The summed E-state index contributed by atoms with van der Waals surface area (Å²) in [6.45, 7) is 3.71. The average molecular weight is 402 g/mol. The van der Waals surface area contributed by atoms with Gasteiger partial charge in [0.25, 0.3) is 0 Å². The van der Waals surface area contributed by atoms with Gasteiger partial charge in [0, 0.05) is 12.6 Å². The van der Waals surface area contributed by atoms with Crippen LogP contribution in [0.15, 0.2) is 42.5 Å². The van der Waals surface area contributed by atoms with Gasteiger partial charge in [0.05, 0.1) is 6.04 Å². The Kier molecular flexibility index (Phi) is 5.69. The van der Waals surface area contributed by atoms with Crippen molar-refractivity contribution in [2.24, 2.45) is 0 Å². The largest absolute Gasteiger partial charge is 0.337 e. The minimum atomic E-state index is -0.941. The number of benzene rings is 2. The number of nitrogens with zero attached hydrogens (tertiary/aromatic N) is 3. The molecule has 0 aliphatic rings. The molecule has 146 valence electrons. The van der Waals surface area contributed by atoms with Crippen LogP contribution in [0, 0.1) is 23.3 Å². The molecule has 1 aromatic heterocycles. The van der Waals surface area contributed by atoms with Gasteiger partial charge in [-0.15, -0.1) is 0 Å². The summed E-state index contributed by atoms with van der Waals surface area (Å²) < 4.78 is 28.6. The molecule has 1 amide bonds. The number of hydrogen-bond donors (Lipinski definition) is 1. The highest BCUT2D eigenvalue weighted by atomic mass is 32.1. The highest BCUT2D eigenvalue weighted by molar-refractivity contribution is 7.71. The molecule has 0 aliphatic heterocycles. The summed E-state index contributed by atoms with van der Waals surface area (Å²) in [6, 6.07) is 10.9. The molecule has 28 heavy (non-hydrogen) atoms. The number of aryl methyl sites for hydroxylation is 1. The van der Waals surface area contributed by atoms with Crippen molar-refractivity contribution >= 4 is 18.1 Å². The number of H-pyrrole nitrogens is 1. The van der Waals surface area contributed by atoms with E-state index in [1.54, 1.807) is 18.5 Å². The fourth-order valence-electron chi connectivity index (χ4n) is 2.85. The SMILES string of the molecule is Cc1ccc(-c2n[nH]c(=S)n2CC(=O)N(C)[C@H](C)c2ccc(F)c(F)c2)cc1. The Balaban J connectivity index is 1.82. The molecule has 3 rings (SSSR count). The second-order valence-electron chi connectivity index (χ2n) is 6.66. The summed E-state index contributed by atoms with van der Waals surface area (Å²) in [4.78, 5) is 14.3. The van der Waals surface area contributed by atoms with Gasteiger partial charge in [-0.1, -0.05) is 35.9 Å². The summed E-state index contributed by atoms with van der Waals surface area (Å²) >= 11 is 5.28. The zero-order valence-corrected chi connectivity index (χ0v) is 16.6. The first-order valence-electron chi connectivity index (χ1n) is 8.70. The van der Waals surface area contributed by atoms with E-state index >= 15 is 0 Å². The zero-order valence-electron chi connectivity index (χ0n) is 15.7. The first-order valence-corrected chi connectivity index (χ1v) is 9.11. The molecule has 1 N–H and O–H groups in total. The number of aromatic nitrogens is 3. The Morgan fingerprint density at radius 2 is 1.89 bits per heavy atom. The molecule has 0 spiro atoms. The Bertz CT molecular complexity index is 1060. The topological polar surface area (TPSA) is 53.9 Å². The van der Waals surface area contributed by atoms with Gasteiger partial charge < -0.3 is 4.90 Å². The monoisotopic (exact) mass is 402 g/mol. The number of carbonyl (C=O) groups is 1. The first kappa shape index (κ1) is 19.9. The van der Waals surface area contributed by atoms with Crippen LogP contribution in [-0.4, -0.2) is 32.6 Å². The van der Waals surface area contributed by atoms with E-state index in [-0.39, 0.29) is 12.5 Å². The molecule has 8 heteroatoms. The van der Waals surface area contributed by atoms with E-state index in [0.717, 1.165) is 23.3 Å². The van der Waals surface area contributed by atoms with Gasteiger partial charge in [0.2, 0.25) is 5.91 Å². The number of hydrogen-bond acceptors (Lipinski definition) is 3. The van der Waals surface area contributed by atoms with E-state index in [4.69, 9.17) is 12.2 Å². The van der Waals surface area contributed by atoms with Crippen molar-refractivity contribution in [2.75, 3.05) is 7.05 Å². The standard InChI is InChI=1S/C20H20F2N4OS/c1-12-4-6-14(7-5-12)19-23-24-20(28)26(19)11-18(27)25(3)13(2)15-8-9-16(21)17(22)10-15/h4-10,13H,11H2,1-3H3,(H,24,28)/t13-/m1/s1. The molecule has 0 radical (unpaired) electrons. The molecule has 1 atom stereocenters. The van der Waals surface area contributed by atoms with E-state index in [9.17, 15) is 13.6 Å². The number of rotatable bonds is 5. The molecule has 2 aromatic carbocycles. The van der Waals surface area contributed by atoms with Crippen molar-refractivity contribution in [1.29, 1.82) is 0 Å². The maximum Gasteiger partial charge on any atom is 0.242 e. The van der Waals surface area contributed by atoms with E-state index in [0.29, 0.717) is 16.2 Å². The number of aromatic amines is 1. The van der Waals surface area contributed by atoms with Gasteiger partial charge in [-0.2, -0.15) is 5.10 Å². The number of likely N-dealkylation sites (N-methyl/N-ethyl adjacent to an activating group) is 1. The molecule has 3 aromatic rings. The maximum atomic E-state index is 13.5. The van der Waals surface area contributed by atoms with E-state index in [2.05, 4.69) is 10.2 Å². The highest BCUT2D eigenvalue weighted by Crippen LogP contribution is 2.22. The van der Waals surface area contributed by atoms with Crippen molar-refractivity contribution < 1.29 is 13.6 Å². The Labute approximate surface area is 166 Å². The third-order valence-electron chi connectivity index (χ3n) is 4.76. The molecule has 0 bridgehead atoms. The van der Waals surface area contributed by atoms with Crippen LogP contribution in [0.2, 0.25) is 0 Å². The van der Waals surface area contributed by atoms with Crippen LogP contribution in [0.4, 0.5) is 8.78 Å². The van der Waals surface area contributed by atoms with Crippen LogP contribution in [0.1, 0.15) is 24.1 Å². The Morgan fingerprint density at radius 1 is 1.21 bits per heavy atom. The fraction of sp³-hybridized carbons (Fsp3) is 0.250. The van der Waals surface area contributed by atoms with E-state index in [1.165, 1.54) is 11.0 Å². The minimum Gasteiger partial charge on any atom is -0.337 e. The second kappa shape index (κ2) is 8.02. The van der Waals surface area contributed by atoms with Gasteiger partial charge in [-0.3, -0.25) is 14.5 Å². The third kappa shape index (κ3) is 4.01. The highest BCUT2D eigenvalue weighted by Gasteiger charge is 2.21. The van der Waals surface area contributed by atoms with Crippen molar-refractivity contribution in [1.82, 2.24) is 19.7 Å². The lowest BCUT2D eigenvalue weighted by molar-refractivity contribution is -0.132. The fourth-order valence-corrected chi connectivity index (χ4v) is 3.04. The summed E-state index contributed by atoms with van der Waals surface area (Å²) in [6.07, 6.45) is 0.